The summed E-state index contributed by atoms with van der Waals surface area (Å²) in [4.78, 5) is 48.5. The lowest BCUT2D eigenvalue weighted by Gasteiger charge is -2.14. The fraction of sp³-hybridized carbons (Fsp3) is 0.200. The van der Waals surface area contributed by atoms with Crippen LogP contribution in [0.4, 0.5) is 0 Å². The number of carbonyl (C=O) groups is 4. The van der Waals surface area contributed by atoms with Crippen molar-refractivity contribution in [1.29, 1.82) is 0 Å². The molecule has 0 aromatic heterocycles. The molecule has 34 heavy (non-hydrogen) atoms. The Kier molecular flexibility index (Phi) is 6.07. The van der Waals surface area contributed by atoms with Crippen molar-refractivity contribution in [3.8, 4) is 0 Å². The maximum absolute atomic E-state index is 12.4. The minimum absolute atomic E-state index is 0.119. The van der Waals surface area contributed by atoms with Crippen molar-refractivity contribution >= 4 is 43.7 Å². The molecule has 2 aromatic rings. The molecule has 0 fully saturated rings. The molecule has 0 saturated heterocycles. The van der Waals surface area contributed by atoms with E-state index in [9.17, 15) is 36.0 Å². The number of fused-ring (bicyclic) bond motifs is 2. The van der Waals surface area contributed by atoms with Crippen molar-refractivity contribution in [1.82, 2.24) is 8.61 Å². The van der Waals surface area contributed by atoms with E-state index in [1.54, 1.807) is 0 Å². The molecule has 2 aliphatic heterocycles. The van der Waals surface area contributed by atoms with Gasteiger partial charge in [0.25, 0.3) is 43.7 Å². The summed E-state index contributed by atoms with van der Waals surface area (Å²) >= 11 is 0. The predicted octanol–water partition coefficient (Wildman–Crippen LogP) is -0.238. The lowest BCUT2D eigenvalue weighted by atomic mass is 10.2. The van der Waals surface area contributed by atoms with E-state index in [0.29, 0.717) is 0 Å². The van der Waals surface area contributed by atoms with Crippen LogP contribution in [0.3, 0.4) is 0 Å². The summed E-state index contributed by atoms with van der Waals surface area (Å²) in [6.07, 6.45) is 0. The zero-order valence-corrected chi connectivity index (χ0v) is 18.9. The third-order valence-corrected chi connectivity index (χ3v) is 8.44. The van der Waals surface area contributed by atoms with E-state index in [1.165, 1.54) is 48.5 Å². The highest BCUT2D eigenvalue weighted by Crippen LogP contribution is 2.31. The van der Waals surface area contributed by atoms with Crippen LogP contribution in [-0.4, -0.2) is 75.5 Å². The van der Waals surface area contributed by atoms with Crippen molar-refractivity contribution in [3.05, 3.63) is 59.7 Å². The molecule has 0 saturated carbocycles. The molecule has 0 radical (unpaired) electrons. The fourth-order valence-corrected chi connectivity index (χ4v) is 6.45. The number of amides is 4. The van der Waals surface area contributed by atoms with E-state index in [2.05, 4.69) is 0 Å². The largest absolute Gasteiger partial charge is 0.369 e. The SMILES string of the molecule is O=C(COCCOCC(=O)N1C(=O)c2ccccc2S1(=O)=O)N1C(=O)c2ccccc2S1(=O)=O. The number of imide groups is 2. The van der Waals surface area contributed by atoms with Crippen molar-refractivity contribution in [2.75, 3.05) is 26.4 Å². The number of hydrogen-bond acceptors (Lipinski definition) is 10. The zero-order chi connectivity index (χ0) is 24.7. The molecule has 0 bridgehead atoms. The number of benzene rings is 2. The normalized spacial score (nSPS) is 17.5. The Morgan fingerprint density at radius 3 is 1.35 bits per heavy atom. The van der Waals surface area contributed by atoms with Crippen LogP contribution in [0.2, 0.25) is 0 Å². The van der Waals surface area contributed by atoms with E-state index in [0.717, 1.165) is 0 Å². The molecular formula is C20H16N2O10S2. The number of rotatable bonds is 7. The highest BCUT2D eigenvalue weighted by molar-refractivity contribution is 7.91. The first kappa shape index (κ1) is 23.7. The molecule has 2 heterocycles. The number of sulfonamides is 2. The molecular weight excluding hydrogens is 492 g/mol. The first-order valence-electron chi connectivity index (χ1n) is 9.67. The van der Waals surface area contributed by atoms with Gasteiger partial charge in [-0.25, -0.2) is 16.8 Å². The van der Waals surface area contributed by atoms with E-state index in [-0.39, 0.29) is 42.7 Å². The molecule has 14 heteroatoms. The van der Waals surface area contributed by atoms with Gasteiger partial charge in [-0.15, -0.1) is 0 Å². The highest BCUT2D eigenvalue weighted by Gasteiger charge is 2.46. The zero-order valence-electron chi connectivity index (χ0n) is 17.2. The molecule has 4 rings (SSSR count). The first-order valence-corrected chi connectivity index (χ1v) is 12.5. The number of hydrogen-bond donors (Lipinski definition) is 0. The molecule has 4 amide bonds. The lowest BCUT2D eigenvalue weighted by Crippen LogP contribution is -2.39. The summed E-state index contributed by atoms with van der Waals surface area (Å²) in [5, 5.41) is 0. The second-order valence-electron chi connectivity index (χ2n) is 7.03. The molecule has 0 spiro atoms. The maximum atomic E-state index is 12.4. The minimum Gasteiger partial charge on any atom is -0.369 e. The van der Waals surface area contributed by atoms with E-state index in [1.807, 2.05) is 0 Å². The van der Waals surface area contributed by atoms with Crippen LogP contribution in [0.1, 0.15) is 20.7 Å². The van der Waals surface area contributed by atoms with Gasteiger partial charge in [-0.05, 0) is 24.3 Å². The van der Waals surface area contributed by atoms with E-state index >= 15 is 0 Å². The van der Waals surface area contributed by atoms with Crippen molar-refractivity contribution in [2.45, 2.75) is 9.79 Å². The van der Waals surface area contributed by atoms with Crippen molar-refractivity contribution < 1.29 is 45.5 Å². The van der Waals surface area contributed by atoms with Gasteiger partial charge in [0.15, 0.2) is 0 Å². The molecule has 0 aliphatic carbocycles. The quantitative estimate of drug-likeness (QED) is 0.456. The molecule has 0 atom stereocenters. The van der Waals surface area contributed by atoms with Crippen LogP contribution < -0.4 is 0 Å². The Hall–Kier alpha value is -3.46. The average Bonchev–Trinajstić information content (AvgIpc) is 3.14. The summed E-state index contributed by atoms with van der Waals surface area (Å²) in [7, 11) is -8.64. The van der Waals surface area contributed by atoms with E-state index < -0.39 is 56.9 Å². The van der Waals surface area contributed by atoms with Crippen LogP contribution >= 0.6 is 0 Å². The van der Waals surface area contributed by atoms with E-state index in [4.69, 9.17) is 9.47 Å². The molecule has 0 unspecified atom stereocenters. The number of carbonyl (C=O) groups excluding carboxylic acids is 4. The Labute approximate surface area is 193 Å². The van der Waals surface area contributed by atoms with Gasteiger partial charge in [-0.3, -0.25) is 19.2 Å². The van der Waals surface area contributed by atoms with Gasteiger partial charge in [-0.2, -0.15) is 8.61 Å². The Morgan fingerprint density at radius 1 is 0.647 bits per heavy atom. The lowest BCUT2D eigenvalue weighted by molar-refractivity contribution is -0.133. The van der Waals surface area contributed by atoms with Crippen LogP contribution in [0.15, 0.2) is 58.3 Å². The van der Waals surface area contributed by atoms with Gasteiger partial charge < -0.3 is 9.47 Å². The Bertz CT molecular complexity index is 1320. The van der Waals surface area contributed by atoms with Crippen molar-refractivity contribution in [3.63, 3.8) is 0 Å². The van der Waals surface area contributed by atoms with Crippen LogP contribution in [0, 0.1) is 0 Å². The van der Waals surface area contributed by atoms with Gasteiger partial charge in [0, 0.05) is 0 Å². The van der Waals surface area contributed by atoms with Crippen LogP contribution in [-0.2, 0) is 39.1 Å². The molecule has 2 aromatic carbocycles. The van der Waals surface area contributed by atoms with Gasteiger partial charge in [0.05, 0.1) is 24.3 Å². The van der Waals surface area contributed by atoms with Gasteiger partial charge in [0.1, 0.15) is 23.0 Å². The van der Waals surface area contributed by atoms with Crippen LogP contribution in [0.5, 0.6) is 0 Å². The molecule has 178 valence electrons. The summed E-state index contributed by atoms with van der Waals surface area (Å²) in [5.41, 5.74) is -0.238. The fourth-order valence-electron chi connectivity index (χ4n) is 3.42. The number of nitrogens with zero attached hydrogens (tertiary/aromatic N) is 2. The third-order valence-electron chi connectivity index (χ3n) is 4.92. The standard InChI is InChI=1S/C20H16N2O10S2/c23-17(21-19(25)13-5-1-3-7-15(13)33(21,27)28)11-31-9-10-32-12-18(24)22-20(26)14-6-2-4-8-16(14)34(22,29)30/h1-8H,9-12H2. The predicted molar refractivity (Wildman–Crippen MR) is 111 cm³/mol. The maximum Gasteiger partial charge on any atom is 0.276 e. The summed E-state index contributed by atoms with van der Waals surface area (Å²) < 4.78 is 60.0. The van der Waals surface area contributed by atoms with Gasteiger partial charge in [-0.1, -0.05) is 24.3 Å². The second kappa shape index (κ2) is 8.72. The number of ether oxygens (including phenoxy) is 2. The topological polar surface area (TPSA) is 161 Å². The second-order valence-corrected chi connectivity index (χ2v) is 10.5. The van der Waals surface area contributed by atoms with Crippen molar-refractivity contribution in [2.24, 2.45) is 0 Å². The Balaban J connectivity index is 1.26. The molecule has 12 nitrogen and oxygen atoms in total. The third kappa shape index (κ3) is 3.79. The minimum atomic E-state index is -4.32. The van der Waals surface area contributed by atoms with Gasteiger partial charge >= 0.3 is 0 Å². The summed E-state index contributed by atoms with van der Waals surface area (Å²) in [6.45, 7) is -2.08. The monoisotopic (exact) mass is 508 g/mol. The summed E-state index contributed by atoms with van der Waals surface area (Å²) in [6, 6.07) is 10.8. The highest BCUT2D eigenvalue weighted by atomic mass is 32.2. The van der Waals surface area contributed by atoms with Gasteiger partial charge in [0.2, 0.25) is 0 Å². The molecule has 0 N–H and O–H groups in total. The first-order chi connectivity index (χ1) is 16.1. The Morgan fingerprint density at radius 2 is 1.00 bits per heavy atom. The summed E-state index contributed by atoms with van der Waals surface area (Å²) in [5.74, 6) is -4.18. The molecule has 2 aliphatic rings. The average molecular weight is 508 g/mol. The van der Waals surface area contributed by atoms with Crippen LogP contribution in [0.25, 0.3) is 0 Å². The smallest absolute Gasteiger partial charge is 0.276 e.